The summed E-state index contributed by atoms with van der Waals surface area (Å²) in [4.78, 5) is 12.2. The number of fused-ring (bicyclic) bond motifs is 1. The molecule has 3 heteroatoms. The maximum atomic E-state index is 12.2. The zero-order valence-electron chi connectivity index (χ0n) is 11.7. The average molecular weight is 374 g/mol. The molecule has 0 aliphatic carbocycles. The molecule has 3 aromatic carbocycles. The number of ketones is 1. The summed E-state index contributed by atoms with van der Waals surface area (Å²) in [5.41, 5.74) is 1.65. The first-order valence-corrected chi connectivity index (χ1v) is 7.07. The standard InChI is InChI=1S/C19H13ClO.BrH/c20-18-10-5-14(6-11-18)7-12-19(21)17-9-8-15-3-1-2-4-16(15)13-17;/h1-13H;1H. The van der Waals surface area contributed by atoms with Crippen LogP contribution in [0.25, 0.3) is 16.8 Å². The number of benzene rings is 3. The lowest BCUT2D eigenvalue weighted by Crippen LogP contribution is -1.93. The third-order valence-corrected chi connectivity index (χ3v) is 3.58. The Morgan fingerprint density at radius 1 is 0.864 bits per heavy atom. The minimum absolute atomic E-state index is 0. The van der Waals surface area contributed by atoms with Crippen LogP contribution < -0.4 is 0 Å². The van der Waals surface area contributed by atoms with Gasteiger partial charge >= 0.3 is 0 Å². The van der Waals surface area contributed by atoms with Crippen LogP contribution in [0.3, 0.4) is 0 Å². The van der Waals surface area contributed by atoms with Gasteiger partial charge in [0.05, 0.1) is 0 Å². The summed E-state index contributed by atoms with van der Waals surface area (Å²) in [5, 5.41) is 2.90. The van der Waals surface area contributed by atoms with Gasteiger partial charge in [-0.05, 0) is 40.6 Å². The average Bonchev–Trinajstić information content (AvgIpc) is 2.53. The molecule has 0 saturated heterocycles. The maximum Gasteiger partial charge on any atom is 0.185 e. The zero-order chi connectivity index (χ0) is 14.7. The molecule has 22 heavy (non-hydrogen) atoms. The molecular formula is C19H14BrClO. The Bertz CT molecular complexity index is 822. The minimum Gasteiger partial charge on any atom is -0.289 e. The van der Waals surface area contributed by atoms with Gasteiger partial charge in [-0.15, -0.1) is 17.0 Å². The van der Waals surface area contributed by atoms with E-state index in [2.05, 4.69) is 0 Å². The van der Waals surface area contributed by atoms with Gasteiger partial charge in [0.15, 0.2) is 5.78 Å². The van der Waals surface area contributed by atoms with Gasteiger partial charge in [0.1, 0.15) is 0 Å². The number of hydrogen-bond donors (Lipinski definition) is 0. The van der Waals surface area contributed by atoms with Crippen molar-refractivity contribution in [1.82, 2.24) is 0 Å². The highest BCUT2D eigenvalue weighted by atomic mass is 79.9. The molecule has 0 radical (unpaired) electrons. The fourth-order valence-electron chi connectivity index (χ4n) is 2.18. The predicted octanol–water partition coefficient (Wildman–Crippen LogP) is 5.97. The third-order valence-electron chi connectivity index (χ3n) is 3.33. The number of allylic oxidation sites excluding steroid dienone is 1. The van der Waals surface area contributed by atoms with Crippen molar-refractivity contribution < 1.29 is 4.79 Å². The minimum atomic E-state index is -0.00398. The summed E-state index contributed by atoms with van der Waals surface area (Å²) in [5.74, 6) is -0.00398. The van der Waals surface area contributed by atoms with Crippen molar-refractivity contribution in [1.29, 1.82) is 0 Å². The Kier molecular flexibility index (Phi) is 5.53. The second-order valence-electron chi connectivity index (χ2n) is 4.81. The van der Waals surface area contributed by atoms with Gasteiger partial charge in [0.25, 0.3) is 0 Å². The highest BCUT2D eigenvalue weighted by Crippen LogP contribution is 2.17. The largest absolute Gasteiger partial charge is 0.289 e. The van der Waals surface area contributed by atoms with Crippen LogP contribution in [0.2, 0.25) is 5.02 Å². The van der Waals surface area contributed by atoms with E-state index in [1.165, 1.54) is 0 Å². The monoisotopic (exact) mass is 372 g/mol. The van der Waals surface area contributed by atoms with Crippen molar-refractivity contribution in [3.63, 3.8) is 0 Å². The van der Waals surface area contributed by atoms with Gasteiger partial charge in [-0.1, -0.05) is 66.2 Å². The molecule has 0 spiro atoms. The van der Waals surface area contributed by atoms with Crippen LogP contribution in [0.1, 0.15) is 15.9 Å². The molecule has 0 saturated carbocycles. The van der Waals surface area contributed by atoms with E-state index >= 15 is 0 Å². The van der Waals surface area contributed by atoms with E-state index in [0.29, 0.717) is 10.6 Å². The van der Waals surface area contributed by atoms with Gasteiger partial charge in [0.2, 0.25) is 0 Å². The van der Waals surface area contributed by atoms with Gasteiger partial charge in [-0.2, -0.15) is 0 Å². The molecule has 0 atom stereocenters. The number of carbonyl (C=O) groups is 1. The topological polar surface area (TPSA) is 17.1 Å². The molecule has 3 aromatic rings. The lowest BCUT2D eigenvalue weighted by atomic mass is 10.0. The SMILES string of the molecule is Br.O=C(C=Cc1ccc(Cl)cc1)c1ccc2ccccc2c1. The quantitative estimate of drug-likeness (QED) is 0.408. The Morgan fingerprint density at radius 3 is 2.27 bits per heavy atom. The van der Waals surface area contributed by atoms with E-state index in [1.807, 2.05) is 66.7 Å². The Hall–Kier alpha value is -1.90. The van der Waals surface area contributed by atoms with E-state index in [0.717, 1.165) is 16.3 Å². The van der Waals surface area contributed by atoms with Crippen LogP contribution in [0.4, 0.5) is 0 Å². The van der Waals surface area contributed by atoms with Gasteiger partial charge < -0.3 is 0 Å². The molecule has 110 valence electrons. The predicted molar refractivity (Wildman–Crippen MR) is 99.1 cm³/mol. The van der Waals surface area contributed by atoms with E-state index in [1.54, 1.807) is 12.2 Å². The van der Waals surface area contributed by atoms with E-state index in [4.69, 9.17) is 11.6 Å². The summed E-state index contributed by atoms with van der Waals surface area (Å²) in [6.07, 6.45) is 3.39. The highest BCUT2D eigenvalue weighted by molar-refractivity contribution is 8.93. The van der Waals surface area contributed by atoms with Crippen LogP contribution >= 0.6 is 28.6 Å². The number of hydrogen-bond acceptors (Lipinski definition) is 1. The molecule has 0 amide bonds. The Balaban J connectivity index is 0.00000176. The number of rotatable bonds is 3. The summed E-state index contributed by atoms with van der Waals surface area (Å²) < 4.78 is 0. The fraction of sp³-hybridized carbons (Fsp3) is 0. The maximum absolute atomic E-state index is 12.2. The normalized spacial score (nSPS) is 10.6. The van der Waals surface area contributed by atoms with Gasteiger partial charge in [-0.25, -0.2) is 0 Å². The van der Waals surface area contributed by atoms with Crippen molar-refractivity contribution in [2.45, 2.75) is 0 Å². The van der Waals surface area contributed by atoms with Gasteiger partial charge in [0, 0.05) is 10.6 Å². The van der Waals surface area contributed by atoms with Crippen molar-refractivity contribution in [3.8, 4) is 0 Å². The molecule has 0 aliphatic rings. The lowest BCUT2D eigenvalue weighted by molar-refractivity contribution is 0.104. The number of carbonyl (C=O) groups excluding carboxylic acids is 1. The zero-order valence-corrected chi connectivity index (χ0v) is 14.2. The van der Waals surface area contributed by atoms with Crippen molar-refractivity contribution in [2.75, 3.05) is 0 Å². The molecular weight excluding hydrogens is 360 g/mol. The molecule has 0 aliphatic heterocycles. The summed E-state index contributed by atoms with van der Waals surface area (Å²) in [6.45, 7) is 0. The third kappa shape index (κ3) is 3.85. The molecule has 0 unspecified atom stereocenters. The van der Waals surface area contributed by atoms with Crippen LogP contribution in [-0.2, 0) is 0 Å². The van der Waals surface area contributed by atoms with E-state index in [-0.39, 0.29) is 22.8 Å². The molecule has 0 heterocycles. The lowest BCUT2D eigenvalue weighted by Gasteiger charge is -2.00. The van der Waals surface area contributed by atoms with Crippen LogP contribution in [-0.4, -0.2) is 5.78 Å². The van der Waals surface area contributed by atoms with Crippen LogP contribution in [0.5, 0.6) is 0 Å². The van der Waals surface area contributed by atoms with Crippen molar-refractivity contribution in [2.24, 2.45) is 0 Å². The first kappa shape index (κ1) is 16.5. The van der Waals surface area contributed by atoms with Crippen molar-refractivity contribution in [3.05, 3.63) is 89.0 Å². The molecule has 0 N–H and O–H groups in total. The molecule has 0 bridgehead atoms. The van der Waals surface area contributed by atoms with E-state index in [9.17, 15) is 4.79 Å². The van der Waals surface area contributed by atoms with Crippen molar-refractivity contribution >= 4 is 51.2 Å². The van der Waals surface area contributed by atoms with E-state index < -0.39 is 0 Å². The second-order valence-corrected chi connectivity index (χ2v) is 5.25. The highest BCUT2D eigenvalue weighted by Gasteiger charge is 2.02. The Morgan fingerprint density at radius 2 is 1.55 bits per heavy atom. The summed E-state index contributed by atoms with van der Waals surface area (Å²) >= 11 is 5.83. The first-order chi connectivity index (χ1) is 10.2. The smallest absolute Gasteiger partial charge is 0.185 e. The summed E-state index contributed by atoms with van der Waals surface area (Å²) in [7, 11) is 0. The summed E-state index contributed by atoms with van der Waals surface area (Å²) in [6, 6.07) is 21.1. The van der Waals surface area contributed by atoms with Crippen LogP contribution in [0, 0.1) is 0 Å². The molecule has 3 rings (SSSR count). The Labute approximate surface area is 145 Å². The first-order valence-electron chi connectivity index (χ1n) is 6.69. The van der Waals surface area contributed by atoms with Crippen LogP contribution in [0.15, 0.2) is 72.8 Å². The molecule has 0 aromatic heterocycles. The van der Waals surface area contributed by atoms with Gasteiger partial charge in [-0.3, -0.25) is 4.79 Å². The second kappa shape index (κ2) is 7.39. The molecule has 0 fully saturated rings. The fourth-order valence-corrected chi connectivity index (χ4v) is 2.31. The molecule has 1 nitrogen and oxygen atoms in total. The number of halogens is 2.